The molecule has 0 N–H and O–H groups in total. The van der Waals surface area contributed by atoms with Crippen molar-refractivity contribution >= 4 is 10.0 Å². The summed E-state index contributed by atoms with van der Waals surface area (Å²) in [6, 6.07) is 19.1. The number of rotatable bonds is 10. The third kappa shape index (κ3) is 4.95. The second-order valence-electron chi connectivity index (χ2n) is 7.10. The molecule has 0 spiro atoms. The molecule has 0 aliphatic rings. The molecule has 2 aromatic carbocycles. The Morgan fingerprint density at radius 2 is 1.41 bits per heavy atom. The van der Waals surface area contributed by atoms with E-state index in [4.69, 9.17) is 0 Å². The van der Waals surface area contributed by atoms with E-state index in [0.717, 1.165) is 36.9 Å². The van der Waals surface area contributed by atoms with Crippen molar-refractivity contribution in [1.29, 1.82) is 0 Å². The molecule has 0 bridgehead atoms. The third-order valence-corrected chi connectivity index (χ3v) is 6.79. The number of nitrogens with zero attached hydrogens (tertiary/aromatic N) is 3. The molecular formula is C23H29N3O2S. The fraction of sp³-hybridized carbons (Fsp3) is 0.348. The van der Waals surface area contributed by atoms with E-state index in [9.17, 15) is 8.42 Å². The Balaban J connectivity index is 2.11. The summed E-state index contributed by atoms with van der Waals surface area (Å²) in [5.41, 5.74) is 2.12. The van der Waals surface area contributed by atoms with E-state index in [1.54, 1.807) is 15.2 Å². The van der Waals surface area contributed by atoms with Gasteiger partial charge in [-0.3, -0.25) is 0 Å². The van der Waals surface area contributed by atoms with Gasteiger partial charge in [-0.15, -0.1) is 0 Å². The lowest BCUT2D eigenvalue weighted by molar-refractivity contribution is 0.395. The van der Waals surface area contributed by atoms with Crippen LogP contribution >= 0.6 is 0 Å². The van der Waals surface area contributed by atoms with Crippen molar-refractivity contribution in [1.82, 2.24) is 14.1 Å². The first-order chi connectivity index (χ1) is 14.1. The predicted octanol–water partition coefficient (Wildman–Crippen LogP) is 5.13. The molecule has 3 rings (SSSR count). The number of para-hydroxylation sites is 1. The SMILES string of the molecule is CCCCN(CCCC)S(=O)(=O)c1cn(-c2ccccc2)nc1-c1ccccc1. The number of aromatic nitrogens is 2. The van der Waals surface area contributed by atoms with Crippen molar-refractivity contribution in [3.63, 3.8) is 0 Å². The number of hydrogen-bond acceptors (Lipinski definition) is 3. The summed E-state index contributed by atoms with van der Waals surface area (Å²) in [5, 5.41) is 4.67. The molecule has 0 radical (unpaired) electrons. The Morgan fingerprint density at radius 3 is 1.97 bits per heavy atom. The second-order valence-corrected chi connectivity index (χ2v) is 9.01. The van der Waals surface area contributed by atoms with E-state index in [0.29, 0.717) is 18.8 Å². The molecule has 0 atom stereocenters. The zero-order valence-electron chi connectivity index (χ0n) is 17.2. The largest absolute Gasteiger partial charge is 0.246 e. The number of unbranched alkanes of at least 4 members (excludes halogenated alkanes) is 2. The average Bonchev–Trinajstić information content (AvgIpc) is 3.21. The fourth-order valence-corrected chi connectivity index (χ4v) is 4.87. The van der Waals surface area contributed by atoms with Crippen molar-refractivity contribution in [3.8, 4) is 16.9 Å². The van der Waals surface area contributed by atoms with Gasteiger partial charge in [-0.1, -0.05) is 75.2 Å². The highest BCUT2D eigenvalue weighted by Crippen LogP contribution is 2.30. The maximum absolute atomic E-state index is 13.7. The van der Waals surface area contributed by atoms with Gasteiger partial charge in [0.2, 0.25) is 10.0 Å². The van der Waals surface area contributed by atoms with Crippen LogP contribution in [0, 0.1) is 0 Å². The van der Waals surface area contributed by atoms with Gasteiger partial charge in [-0.05, 0) is 25.0 Å². The van der Waals surface area contributed by atoms with E-state index in [1.807, 2.05) is 60.7 Å². The van der Waals surface area contributed by atoms with Crippen molar-refractivity contribution in [2.24, 2.45) is 0 Å². The highest BCUT2D eigenvalue weighted by atomic mass is 32.2. The molecule has 0 aliphatic heterocycles. The van der Waals surface area contributed by atoms with Gasteiger partial charge >= 0.3 is 0 Å². The monoisotopic (exact) mass is 411 g/mol. The molecule has 3 aromatic rings. The van der Waals surface area contributed by atoms with Crippen LogP contribution in [0.1, 0.15) is 39.5 Å². The first-order valence-corrected chi connectivity index (χ1v) is 11.7. The average molecular weight is 412 g/mol. The molecule has 29 heavy (non-hydrogen) atoms. The summed E-state index contributed by atoms with van der Waals surface area (Å²) < 4.78 is 30.6. The highest BCUT2D eigenvalue weighted by molar-refractivity contribution is 7.89. The van der Waals surface area contributed by atoms with Gasteiger partial charge in [0, 0.05) is 18.7 Å². The molecule has 5 nitrogen and oxygen atoms in total. The normalized spacial score (nSPS) is 11.8. The number of benzene rings is 2. The Bertz CT molecular complexity index is 991. The Labute approximate surface area is 174 Å². The zero-order chi connectivity index (χ0) is 20.7. The van der Waals surface area contributed by atoms with Crippen LogP contribution in [0.25, 0.3) is 16.9 Å². The molecule has 0 unspecified atom stereocenters. The summed E-state index contributed by atoms with van der Waals surface area (Å²) in [6.45, 7) is 5.22. The molecule has 0 amide bonds. The molecule has 0 saturated carbocycles. The Kier molecular flexibility index (Phi) is 7.23. The maximum Gasteiger partial charge on any atom is 0.246 e. The van der Waals surface area contributed by atoms with E-state index >= 15 is 0 Å². The number of hydrogen-bond donors (Lipinski definition) is 0. The fourth-order valence-electron chi connectivity index (χ4n) is 3.22. The molecular weight excluding hydrogens is 382 g/mol. The quantitative estimate of drug-likeness (QED) is 0.465. The standard InChI is InChI=1S/C23H29N3O2S/c1-3-5-17-25(18-6-4-2)29(27,28)22-19-26(21-15-11-8-12-16-21)24-23(22)20-13-9-7-10-14-20/h7-16,19H,3-6,17-18H2,1-2H3. The van der Waals surface area contributed by atoms with E-state index in [2.05, 4.69) is 18.9 Å². The van der Waals surface area contributed by atoms with Crippen LogP contribution in [0.4, 0.5) is 0 Å². The molecule has 154 valence electrons. The van der Waals surface area contributed by atoms with Crippen LogP contribution in [-0.4, -0.2) is 35.6 Å². The van der Waals surface area contributed by atoms with Gasteiger partial charge in [0.05, 0.1) is 11.9 Å². The summed E-state index contributed by atoms with van der Waals surface area (Å²) in [4.78, 5) is 0.264. The first-order valence-electron chi connectivity index (χ1n) is 10.3. The van der Waals surface area contributed by atoms with Crippen LogP contribution in [0.3, 0.4) is 0 Å². The van der Waals surface area contributed by atoms with E-state index in [1.165, 1.54) is 0 Å². The first kappa shape index (κ1) is 21.3. The summed E-state index contributed by atoms with van der Waals surface area (Å²) in [5.74, 6) is 0. The van der Waals surface area contributed by atoms with Gasteiger partial charge in [0.15, 0.2) is 0 Å². The highest BCUT2D eigenvalue weighted by Gasteiger charge is 2.29. The maximum atomic E-state index is 13.7. The zero-order valence-corrected chi connectivity index (χ0v) is 18.0. The molecule has 0 saturated heterocycles. The predicted molar refractivity (Wildman–Crippen MR) is 118 cm³/mol. The third-order valence-electron chi connectivity index (χ3n) is 4.89. The van der Waals surface area contributed by atoms with Crippen molar-refractivity contribution in [2.75, 3.05) is 13.1 Å². The minimum atomic E-state index is -3.66. The number of sulfonamides is 1. The Hall–Kier alpha value is -2.44. The van der Waals surface area contributed by atoms with Crippen molar-refractivity contribution < 1.29 is 8.42 Å². The van der Waals surface area contributed by atoms with Crippen LogP contribution in [-0.2, 0) is 10.0 Å². The van der Waals surface area contributed by atoms with Gasteiger partial charge in [0.1, 0.15) is 10.6 Å². The van der Waals surface area contributed by atoms with Crippen LogP contribution < -0.4 is 0 Å². The molecule has 1 aromatic heterocycles. The lowest BCUT2D eigenvalue weighted by atomic mass is 10.2. The summed E-state index contributed by atoms with van der Waals surface area (Å²) in [6.07, 6.45) is 5.24. The molecule has 1 heterocycles. The summed E-state index contributed by atoms with van der Waals surface area (Å²) >= 11 is 0. The van der Waals surface area contributed by atoms with Gasteiger partial charge < -0.3 is 0 Å². The van der Waals surface area contributed by atoms with Gasteiger partial charge in [-0.2, -0.15) is 9.40 Å². The topological polar surface area (TPSA) is 55.2 Å². The molecule has 6 heteroatoms. The minimum Gasteiger partial charge on any atom is -0.239 e. The van der Waals surface area contributed by atoms with Crippen LogP contribution in [0.15, 0.2) is 71.8 Å². The molecule has 0 aliphatic carbocycles. The lowest BCUT2D eigenvalue weighted by Gasteiger charge is -2.21. The van der Waals surface area contributed by atoms with Gasteiger partial charge in [-0.25, -0.2) is 13.1 Å². The lowest BCUT2D eigenvalue weighted by Crippen LogP contribution is -2.33. The minimum absolute atomic E-state index is 0.264. The van der Waals surface area contributed by atoms with Gasteiger partial charge in [0.25, 0.3) is 0 Å². The van der Waals surface area contributed by atoms with Crippen molar-refractivity contribution in [2.45, 2.75) is 44.4 Å². The van der Waals surface area contributed by atoms with Crippen LogP contribution in [0.5, 0.6) is 0 Å². The van der Waals surface area contributed by atoms with E-state index < -0.39 is 10.0 Å². The summed E-state index contributed by atoms with van der Waals surface area (Å²) in [7, 11) is -3.66. The van der Waals surface area contributed by atoms with Crippen LogP contribution in [0.2, 0.25) is 0 Å². The molecule has 0 fully saturated rings. The smallest absolute Gasteiger partial charge is 0.239 e. The van der Waals surface area contributed by atoms with Crippen molar-refractivity contribution in [3.05, 3.63) is 66.9 Å². The van der Waals surface area contributed by atoms with E-state index in [-0.39, 0.29) is 4.90 Å². The second kappa shape index (κ2) is 9.85. The Morgan fingerprint density at radius 1 is 0.862 bits per heavy atom.